The van der Waals surface area contributed by atoms with Crippen LogP contribution in [-0.4, -0.2) is 49.8 Å². The van der Waals surface area contributed by atoms with E-state index in [0.717, 1.165) is 4.57 Å². The summed E-state index contributed by atoms with van der Waals surface area (Å²) in [4.78, 5) is 15.1. The Kier molecular flexibility index (Phi) is 3.62. The summed E-state index contributed by atoms with van der Waals surface area (Å²) in [5.41, 5.74) is 4.70. The molecule has 1 saturated heterocycles. The van der Waals surface area contributed by atoms with Crippen molar-refractivity contribution in [2.75, 3.05) is 12.3 Å². The van der Waals surface area contributed by atoms with E-state index in [0.29, 0.717) is 0 Å². The maximum atomic E-state index is 11.6. The second-order valence-electron chi connectivity index (χ2n) is 4.16. The molecule has 1 fully saturated rings. The van der Waals surface area contributed by atoms with Gasteiger partial charge in [0.1, 0.15) is 18.0 Å². The zero-order valence-corrected chi connectivity index (χ0v) is 9.51. The highest BCUT2D eigenvalue weighted by Gasteiger charge is 2.37. The van der Waals surface area contributed by atoms with E-state index in [1.165, 1.54) is 12.3 Å². The molecule has 1 aromatic heterocycles. The van der Waals surface area contributed by atoms with Crippen molar-refractivity contribution in [1.29, 1.82) is 0 Å². The van der Waals surface area contributed by atoms with E-state index < -0.39 is 36.8 Å². The van der Waals surface area contributed by atoms with Crippen LogP contribution in [0.2, 0.25) is 0 Å². The molecular formula is C10H15N3O5. The average Bonchev–Trinajstić information content (AvgIpc) is 2.30. The molecule has 0 aromatic carbocycles. The maximum absolute atomic E-state index is 11.6. The number of aliphatic hydroxyl groups excluding tert-OH is 3. The molecule has 2 rings (SSSR count). The van der Waals surface area contributed by atoms with Crippen molar-refractivity contribution in [3.05, 3.63) is 22.7 Å². The topological polar surface area (TPSA) is 131 Å². The number of nitrogens with two attached hydrogens (primary N) is 1. The Hall–Kier alpha value is -1.48. The molecule has 0 radical (unpaired) electrons. The van der Waals surface area contributed by atoms with Crippen LogP contribution < -0.4 is 11.4 Å². The molecule has 0 aliphatic carbocycles. The summed E-state index contributed by atoms with van der Waals surface area (Å²) < 4.78 is 6.38. The van der Waals surface area contributed by atoms with Gasteiger partial charge in [-0.05, 0) is 6.07 Å². The monoisotopic (exact) mass is 257 g/mol. The molecule has 18 heavy (non-hydrogen) atoms. The van der Waals surface area contributed by atoms with Crippen molar-refractivity contribution in [3.8, 4) is 0 Å². The van der Waals surface area contributed by atoms with E-state index in [1.807, 2.05) is 0 Å². The predicted molar refractivity (Wildman–Crippen MR) is 60.5 cm³/mol. The number of hydrogen-bond acceptors (Lipinski definition) is 7. The summed E-state index contributed by atoms with van der Waals surface area (Å²) in [6, 6.07) is 1.40. The van der Waals surface area contributed by atoms with Crippen LogP contribution in [0.4, 0.5) is 5.82 Å². The number of aromatic nitrogens is 2. The molecule has 8 heteroatoms. The highest BCUT2D eigenvalue weighted by Crippen LogP contribution is 2.26. The van der Waals surface area contributed by atoms with Gasteiger partial charge in [-0.3, -0.25) is 4.57 Å². The molecule has 100 valence electrons. The van der Waals surface area contributed by atoms with Gasteiger partial charge in [0.25, 0.3) is 0 Å². The number of hydrogen-bond donors (Lipinski definition) is 4. The van der Waals surface area contributed by atoms with Gasteiger partial charge in [-0.2, -0.15) is 4.98 Å². The lowest BCUT2D eigenvalue weighted by Gasteiger charge is -2.36. The van der Waals surface area contributed by atoms with E-state index in [-0.39, 0.29) is 12.2 Å². The summed E-state index contributed by atoms with van der Waals surface area (Å²) in [5, 5.41) is 28.4. The Morgan fingerprint density at radius 2 is 2.22 bits per heavy atom. The minimum atomic E-state index is -1.06. The zero-order chi connectivity index (χ0) is 13.3. The van der Waals surface area contributed by atoms with Crippen LogP contribution in [0, 0.1) is 0 Å². The summed E-state index contributed by atoms with van der Waals surface area (Å²) in [6.45, 7) is -0.401. The number of rotatable bonds is 2. The first-order valence-corrected chi connectivity index (χ1v) is 5.50. The van der Waals surface area contributed by atoms with Crippen LogP contribution in [0.1, 0.15) is 12.6 Å². The fraction of sp³-hybridized carbons (Fsp3) is 0.600. The average molecular weight is 257 g/mol. The molecule has 1 aliphatic rings. The molecule has 0 unspecified atom stereocenters. The molecular weight excluding hydrogens is 242 g/mol. The van der Waals surface area contributed by atoms with Crippen molar-refractivity contribution in [3.63, 3.8) is 0 Å². The lowest BCUT2D eigenvalue weighted by atomic mass is 10.0. The fourth-order valence-corrected chi connectivity index (χ4v) is 1.91. The number of nitrogens with zero attached hydrogens (tertiary/aromatic N) is 2. The van der Waals surface area contributed by atoms with E-state index >= 15 is 0 Å². The molecule has 0 amide bonds. The van der Waals surface area contributed by atoms with Gasteiger partial charge in [-0.15, -0.1) is 0 Å². The molecule has 4 atom stereocenters. The second kappa shape index (κ2) is 5.02. The molecule has 0 spiro atoms. The van der Waals surface area contributed by atoms with Gasteiger partial charge in [0.2, 0.25) is 0 Å². The van der Waals surface area contributed by atoms with Gasteiger partial charge in [-0.25, -0.2) is 4.79 Å². The third-order valence-electron chi connectivity index (χ3n) is 2.86. The van der Waals surface area contributed by atoms with Crippen LogP contribution >= 0.6 is 0 Å². The summed E-state index contributed by atoms with van der Waals surface area (Å²) in [6.07, 6.45) is -2.52. The molecule has 0 saturated carbocycles. The van der Waals surface area contributed by atoms with Gasteiger partial charge in [-0.1, -0.05) is 0 Å². The van der Waals surface area contributed by atoms with E-state index in [4.69, 9.17) is 15.6 Å². The van der Waals surface area contributed by atoms with Crippen molar-refractivity contribution in [2.45, 2.75) is 31.0 Å². The van der Waals surface area contributed by atoms with Crippen LogP contribution in [0.25, 0.3) is 0 Å². The summed E-state index contributed by atoms with van der Waals surface area (Å²) in [7, 11) is 0. The Balaban J connectivity index is 2.29. The molecule has 5 N–H and O–H groups in total. The van der Waals surface area contributed by atoms with Gasteiger partial charge >= 0.3 is 5.69 Å². The van der Waals surface area contributed by atoms with Crippen molar-refractivity contribution in [2.24, 2.45) is 0 Å². The maximum Gasteiger partial charge on any atom is 0.351 e. The lowest BCUT2D eigenvalue weighted by molar-refractivity contribution is -0.207. The van der Waals surface area contributed by atoms with Gasteiger partial charge in [0.05, 0.1) is 12.7 Å². The van der Waals surface area contributed by atoms with Crippen LogP contribution in [0.15, 0.2) is 17.1 Å². The first-order chi connectivity index (χ1) is 8.52. The zero-order valence-electron chi connectivity index (χ0n) is 9.51. The highest BCUT2D eigenvalue weighted by molar-refractivity contribution is 5.23. The standard InChI is InChI=1S/C10H15N3O5/c11-8-1-2-13(10(17)12-8)9-6(16)3-5(15)7(4-14)18-9/h1-2,5-7,9,14-16H,3-4H2,(H2,11,12,17)/t5-,6-,7-,9-/m1/s1. The number of anilines is 1. The predicted octanol–water partition coefficient (Wildman–Crippen LogP) is -2.17. The summed E-state index contributed by atoms with van der Waals surface area (Å²) >= 11 is 0. The second-order valence-corrected chi connectivity index (χ2v) is 4.16. The Morgan fingerprint density at radius 3 is 2.83 bits per heavy atom. The quantitative estimate of drug-likeness (QED) is 0.474. The first-order valence-electron chi connectivity index (χ1n) is 5.50. The van der Waals surface area contributed by atoms with Crippen molar-refractivity contribution in [1.82, 2.24) is 9.55 Å². The number of aliphatic hydroxyl groups is 3. The van der Waals surface area contributed by atoms with E-state index in [1.54, 1.807) is 0 Å². The molecule has 8 nitrogen and oxygen atoms in total. The molecule has 0 bridgehead atoms. The molecule has 2 heterocycles. The Labute approximate surface area is 102 Å². The molecule has 1 aromatic rings. The van der Waals surface area contributed by atoms with Crippen molar-refractivity contribution >= 4 is 5.82 Å². The minimum Gasteiger partial charge on any atom is -0.394 e. The Morgan fingerprint density at radius 1 is 1.50 bits per heavy atom. The lowest BCUT2D eigenvalue weighted by Crippen LogP contribution is -2.48. The smallest absolute Gasteiger partial charge is 0.351 e. The van der Waals surface area contributed by atoms with Crippen molar-refractivity contribution < 1.29 is 20.1 Å². The SMILES string of the molecule is Nc1ccn([C@@H]2O[C@H](CO)[C@H](O)C[C@H]2O)c(=O)n1. The van der Waals surface area contributed by atoms with E-state index in [2.05, 4.69) is 4.98 Å². The largest absolute Gasteiger partial charge is 0.394 e. The van der Waals surface area contributed by atoms with Gasteiger partial charge in [0, 0.05) is 12.6 Å². The Bertz CT molecular complexity index is 477. The third kappa shape index (κ3) is 2.36. The van der Waals surface area contributed by atoms with E-state index in [9.17, 15) is 15.0 Å². The van der Waals surface area contributed by atoms with Crippen LogP contribution in [0.3, 0.4) is 0 Å². The minimum absolute atomic E-state index is 0.00666. The molecule has 1 aliphatic heterocycles. The van der Waals surface area contributed by atoms with Gasteiger partial charge < -0.3 is 25.8 Å². The normalized spacial score (nSPS) is 32.4. The van der Waals surface area contributed by atoms with Crippen LogP contribution in [0.5, 0.6) is 0 Å². The van der Waals surface area contributed by atoms with Gasteiger partial charge in [0.15, 0.2) is 6.23 Å². The van der Waals surface area contributed by atoms with Crippen LogP contribution in [-0.2, 0) is 4.74 Å². The third-order valence-corrected chi connectivity index (χ3v) is 2.86. The first kappa shape index (κ1) is 13.0. The highest BCUT2D eigenvalue weighted by atomic mass is 16.5. The number of ether oxygens (including phenoxy) is 1. The number of nitrogen functional groups attached to an aromatic ring is 1. The summed E-state index contributed by atoms with van der Waals surface area (Å²) in [5.74, 6) is 0.0697. The fourth-order valence-electron chi connectivity index (χ4n) is 1.91.